The molecule has 3 amide bonds. The van der Waals surface area contributed by atoms with Crippen LogP contribution in [-0.2, 0) is 48.4 Å². The summed E-state index contributed by atoms with van der Waals surface area (Å²) in [7, 11) is 1.26. The standard InChI is InChI=1S/C38H47N3O9/c1-47-35(43)32(21-11-13-23-39-36(44)48-26-29-15-5-2-6-16-29)25-34(42)33(41-38(46)50-28-31-19-9-4-10-20-31)22-12-14-24-40-37(45)49-27-30-17-7-3-8-18-30/h2-10,15-20,32-33H,11-14,21-28H2,1H3,(H,39,44)(H,40,45)(H,41,46)/t32-,33+/m1/s1. The molecule has 0 aliphatic carbocycles. The van der Waals surface area contributed by atoms with Crippen LogP contribution in [0.4, 0.5) is 14.4 Å². The van der Waals surface area contributed by atoms with Crippen LogP contribution in [0.5, 0.6) is 0 Å². The maximum Gasteiger partial charge on any atom is 0.408 e. The summed E-state index contributed by atoms with van der Waals surface area (Å²) < 4.78 is 20.8. The van der Waals surface area contributed by atoms with Crippen molar-refractivity contribution in [1.82, 2.24) is 16.0 Å². The Balaban J connectivity index is 1.46. The van der Waals surface area contributed by atoms with E-state index >= 15 is 0 Å². The number of methoxy groups -OCH3 is 1. The zero-order valence-corrected chi connectivity index (χ0v) is 28.5. The van der Waals surface area contributed by atoms with Gasteiger partial charge in [0, 0.05) is 19.5 Å². The molecule has 12 heteroatoms. The summed E-state index contributed by atoms with van der Waals surface area (Å²) in [6, 6.07) is 26.9. The molecule has 0 saturated carbocycles. The molecule has 12 nitrogen and oxygen atoms in total. The normalized spacial score (nSPS) is 11.7. The highest BCUT2D eigenvalue weighted by Crippen LogP contribution is 2.18. The van der Waals surface area contributed by atoms with E-state index in [2.05, 4.69) is 16.0 Å². The number of alkyl carbamates (subject to hydrolysis) is 3. The van der Waals surface area contributed by atoms with Crippen LogP contribution in [0, 0.1) is 5.92 Å². The van der Waals surface area contributed by atoms with E-state index in [1.807, 2.05) is 91.0 Å². The zero-order chi connectivity index (χ0) is 35.8. The fraction of sp³-hybridized carbons (Fsp3) is 0.395. The Hall–Kier alpha value is -5.39. The molecule has 0 spiro atoms. The van der Waals surface area contributed by atoms with Crippen LogP contribution >= 0.6 is 0 Å². The lowest BCUT2D eigenvalue weighted by atomic mass is 9.92. The van der Waals surface area contributed by atoms with Crippen molar-refractivity contribution in [3.05, 3.63) is 108 Å². The number of ketones is 1. The summed E-state index contributed by atoms with van der Waals surface area (Å²) in [6.45, 7) is 0.983. The largest absolute Gasteiger partial charge is 0.469 e. The number of carbonyl (C=O) groups excluding carboxylic acids is 5. The van der Waals surface area contributed by atoms with Crippen LogP contribution in [0.3, 0.4) is 0 Å². The molecule has 0 aliphatic heterocycles. The van der Waals surface area contributed by atoms with Gasteiger partial charge in [-0.3, -0.25) is 9.59 Å². The first-order chi connectivity index (χ1) is 24.3. The Bertz CT molecular complexity index is 1460. The molecule has 3 rings (SSSR count). The summed E-state index contributed by atoms with van der Waals surface area (Å²) in [5.74, 6) is -1.60. The Morgan fingerprint density at radius 3 is 1.42 bits per heavy atom. The third-order valence-electron chi connectivity index (χ3n) is 7.74. The SMILES string of the molecule is COC(=O)[C@H](CCCCNC(=O)OCc1ccccc1)CC(=O)[C@H](CCCCNC(=O)OCc1ccccc1)NC(=O)OCc1ccccc1. The van der Waals surface area contributed by atoms with Crippen molar-refractivity contribution in [2.45, 2.75) is 70.8 Å². The highest BCUT2D eigenvalue weighted by Gasteiger charge is 2.28. The van der Waals surface area contributed by atoms with Gasteiger partial charge in [-0.05, 0) is 48.8 Å². The number of unbranched alkanes of at least 4 members (excludes halogenated alkanes) is 2. The number of rotatable bonds is 21. The van der Waals surface area contributed by atoms with E-state index in [9.17, 15) is 24.0 Å². The van der Waals surface area contributed by atoms with Gasteiger partial charge in [-0.1, -0.05) is 97.4 Å². The number of benzene rings is 3. The molecular formula is C38H47N3O9. The summed E-state index contributed by atoms with van der Waals surface area (Å²) in [4.78, 5) is 62.9. The topological polar surface area (TPSA) is 158 Å². The summed E-state index contributed by atoms with van der Waals surface area (Å²) in [5.41, 5.74) is 2.54. The van der Waals surface area contributed by atoms with Gasteiger partial charge < -0.3 is 34.9 Å². The Labute approximate surface area is 293 Å². The summed E-state index contributed by atoms with van der Waals surface area (Å²) in [6.07, 6.45) is 0.718. The Kier molecular flexibility index (Phi) is 18.0. The first kappa shape index (κ1) is 39.1. The molecular weight excluding hydrogens is 642 g/mol. The molecule has 0 aliphatic rings. The predicted octanol–water partition coefficient (Wildman–Crippen LogP) is 6.22. The van der Waals surface area contributed by atoms with Gasteiger partial charge >= 0.3 is 24.2 Å². The minimum absolute atomic E-state index is 0.0290. The fourth-order valence-corrected chi connectivity index (χ4v) is 4.99. The predicted molar refractivity (Wildman–Crippen MR) is 186 cm³/mol. The van der Waals surface area contributed by atoms with Gasteiger partial charge in [-0.25, -0.2) is 14.4 Å². The van der Waals surface area contributed by atoms with Crippen molar-refractivity contribution < 1.29 is 42.9 Å². The first-order valence-corrected chi connectivity index (χ1v) is 16.8. The van der Waals surface area contributed by atoms with Crippen molar-refractivity contribution in [3.8, 4) is 0 Å². The van der Waals surface area contributed by atoms with E-state index in [1.165, 1.54) is 7.11 Å². The zero-order valence-electron chi connectivity index (χ0n) is 28.5. The molecule has 50 heavy (non-hydrogen) atoms. The number of esters is 1. The van der Waals surface area contributed by atoms with E-state index in [0.717, 1.165) is 16.7 Å². The molecule has 0 saturated heterocycles. The lowest BCUT2D eigenvalue weighted by molar-refractivity contribution is -0.147. The van der Waals surface area contributed by atoms with Gasteiger partial charge in [0.1, 0.15) is 19.8 Å². The van der Waals surface area contributed by atoms with Gasteiger partial charge in [0.15, 0.2) is 5.78 Å². The number of amides is 3. The lowest BCUT2D eigenvalue weighted by Gasteiger charge is -2.21. The van der Waals surface area contributed by atoms with Crippen molar-refractivity contribution >= 4 is 30.0 Å². The van der Waals surface area contributed by atoms with E-state index in [0.29, 0.717) is 45.2 Å². The van der Waals surface area contributed by atoms with Gasteiger partial charge in [0.05, 0.1) is 19.1 Å². The van der Waals surface area contributed by atoms with E-state index < -0.39 is 36.2 Å². The third-order valence-corrected chi connectivity index (χ3v) is 7.74. The van der Waals surface area contributed by atoms with Crippen LogP contribution in [-0.4, -0.2) is 56.3 Å². The Morgan fingerprint density at radius 2 is 0.980 bits per heavy atom. The van der Waals surface area contributed by atoms with Crippen molar-refractivity contribution in [1.29, 1.82) is 0 Å². The first-order valence-electron chi connectivity index (χ1n) is 16.8. The van der Waals surface area contributed by atoms with Gasteiger partial charge in [0.25, 0.3) is 0 Å². The second-order valence-corrected chi connectivity index (χ2v) is 11.6. The molecule has 0 bridgehead atoms. The summed E-state index contributed by atoms with van der Waals surface area (Å²) >= 11 is 0. The molecule has 3 aromatic rings. The minimum Gasteiger partial charge on any atom is -0.469 e. The monoisotopic (exact) mass is 689 g/mol. The number of carbonyl (C=O) groups is 5. The summed E-state index contributed by atoms with van der Waals surface area (Å²) in [5, 5.41) is 8.04. The quantitative estimate of drug-likeness (QED) is 0.0671. The van der Waals surface area contributed by atoms with E-state index in [-0.39, 0.29) is 38.4 Å². The molecule has 268 valence electrons. The van der Waals surface area contributed by atoms with Crippen LogP contribution < -0.4 is 16.0 Å². The average molecular weight is 690 g/mol. The Morgan fingerprint density at radius 1 is 0.560 bits per heavy atom. The molecule has 0 unspecified atom stereocenters. The van der Waals surface area contributed by atoms with Crippen LogP contribution in [0.25, 0.3) is 0 Å². The second-order valence-electron chi connectivity index (χ2n) is 11.6. The highest BCUT2D eigenvalue weighted by atomic mass is 16.6. The number of hydrogen-bond donors (Lipinski definition) is 3. The molecule has 3 aromatic carbocycles. The van der Waals surface area contributed by atoms with Gasteiger partial charge in [-0.15, -0.1) is 0 Å². The van der Waals surface area contributed by atoms with Crippen LogP contribution in [0.15, 0.2) is 91.0 Å². The van der Waals surface area contributed by atoms with Crippen molar-refractivity contribution in [2.75, 3.05) is 20.2 Å². The number of hydrogen-bond acceptors (Lipinski definition) is 9. The van der Waals surface area contributed by atoms with Crippen LogP contribution in [0.1, 0.15) is 61.6 Å². The van der Waals surface area contributed by atoms with Gasteiger partial charge in [-0.2, -0.15) is 0 Å². The van der Waals surface area contributed by atoms with E-state index in [1.54, 1.807) is 0 Å². The molecule has 0 radical (unpaired) electrons. The third kappa shape index (κ3) is 16.1. The van der Waals surface area contributed by atoms with Gasteiger partial charge in [0.2, 0.25) is 0 Å². The smallest absolute Gasteiger partial charge is 0.408 e. The maximum atomic E-state index is 13.5. The molecule has 2 atom stereocenters. The molecule has 0 aromatic heterocycles. The number of nitrogens with one attached hydrogen (secondary N) is 3. The minimum atomic E-state index is -0.920. The fourth-order valence-electron chi connectivity index (χ4n) is 4.99. The lowest BCUT2D eigenvalue weighted by Crippen LogP contribution is -2.42. The molecule has 0 fully saturated rings. The van der Waals surface area contributed by atoms with Crippen LogP contribution in [0.2, 0.25) is 0 Å². The maximum absolute atomic E-state index is 13.5. The van der Waals surface area contributed by atoms with Crippen molar-refractivity contribution in [3.63, 3.8) is 0 Å². The average Bonchev–Trinajstić information content (AvgIpc) is 3.15. The second kappa shape index (κ2) is 23.0. The number of Topliss-reactive ketones (excluding diaryl/α,β-unsaturated/α-hetero) is 1. The number of ether oxygens (including phenoxy) is 4. The molecule has 0 heterocycles. The van der Waals surface area contributed by atoms with E-state index in [4.69, 9.17) is 18.9 Å². The van der Waals surface area contributed by atoms with Crippen molar-refractivity contribution in [2.24, 2.45) is 5.92 Å². The molecule has 3 N–H and O–H groups in total. The highest BCUT2D eigenvalue weighted by molar-refractivity contribution is 5.90.